The van der Waals surface area contributed by atoms with Gasteiger partial charge in [0.15, 0.2) is 0 Å². The lowest BCUT2D eigenvalue weighted by atomic mass is 10.1. The molecular weight excluding hydrogens is 324 g/mol. The first-order chi connectivity index (χ1) is 11.5. The van der Waals surface area contributed by atoms with Crippen LogP contribution in [-0.2, 0) is 6.42 Å². The largest absolute Gasteiger partial charge is 0.358 e. The van der Waals surface area contributed by atoms with Crippen molar-refractivity contribution in [3.63, 3.8) is 0 Å². The van der Waals surface area contributed by atoms with Crippen LogP contribution < -0.4 is 5.32 Å². The summed E-state index contributed by atoms with van der Waals surface area (Å²) in [5.41, 5.74) is 3.94. The van der Waals surface area contributed by atoms with Gasteiger partial charge in [-0.2, -0.15) is 5.10 Å². The van der Waals surface area contributed by atoms with E-state index in [1.165, 1.54) is 5.56 Å². The highest BCUT2D eigenvalue weighted by Crippen LogP contribution is 2.25. The first-order valence-electron chi connectivity index (χ1n) is 8.04. The Labute approximate surface area is 146 Å². The number of H-pyrrole nitrogens is 1. The molecule has 3 aromatic rings. The summed E-state index contributed by atoms with van der Waals surface area (Å²) in [6.07, 6.45) is 4.12. The van der Waals surface area contributed by atoms with Crippen molar-refractivity contribution in [2.24, 2.45) is 0 Å². The summed E-state index contributed by atoms with van der Waals surface area (Å²) in [4.78, 5) is 15.6. The number of aryl methyl sites for hydroxylation is 1. The van der Waals surface area contributed by atoms with Crippen molar-refractivity contribution in [3.05, 3.63) is 52.4 Å². The van der Waals surface area contributed by atoms with Gasteiger partial charge < -0.3 is 10.3 Å². The molecule has 0 bridgehead atoms. The van der Waals surface area contributed by atoms with Crippen LogP contribution in [0.3, 0.4) is 0 Å². The molecule has 3 rings (SSSR count). The minimum Gasteiger partial charge on any atom is -0.358 e. The van der Waals surface area contributed by atoms with Crippen molar-refractivity contribution in [1.82, 2.24) is 20.1 Å². The number of nitrogens with one attached hydrogen (secondary N) is 2. The third-order valence-electron chi connectivity index (χ3n) is 4.13. The number of nitrogens with zero attached hydrogens (tertiary/aromatic N) is 2. The number of rotatable bonds is 5. The van der Waals surface area contributed by atoms with E-state index < -0.39 is 0 Å². The molecule has 0 radical (unpaired) electrons. The van der Waals surface area contributed by atoms with E-state index in [0.717, 1.165) is 23.0 Å². The minimum absolute atomic E-state index is 0.0996. The third-order valence-corrected chi connectivity index (χ3v) is 4.37. The molecule has 2 aromatic heterocycles. The first kappa shape index (κ1) is 16.6. The lowest BCUT2D eigenvalue weighted by molar-refractivity contribution is 0.0954. The van der Waals surface area contributed by atoms with Crippen LogP contribution in [0.5, 0.6) is 0 Å². The van der Waals surface area contributed by atoms with Gasteiger partial charge in [0.05, 0.1) is 11.8 Å². The predicted molar refractivity (Wildman–Crippen MR) is 96.7 cm³/mol. The summed E-state index contributed by atoms with van der Waals surface area (Å²) in [6.45, 7) is 6.66. The van der Waals surface area contributed by atoms with Crippen LogP contribution in [0.2, 0.25) is 5.02 Å². The highest BCUT2D eigenvalue weighted by Gasteiger charge is 2.12. The zero-order valence-electron chi connectivity index (χ0n) is 14.1. The van der Waals surface area contributed by atoms with Crippen molar-refractivity contribution < 1.29 is 4.79 Å². The van der Waals surface area contributed by atoms with Gasteiger partial charge in [-0.25, -0.2) is 0 Å². The number of carbonyl (C=O) groups is 1. The average Bonchev–Trinajstić information content (AvgIpc) is 3.13. The van der Waals surface area contributed by atoms with Gasteiger partial charge in [0.2, 0.25) is 0 Å². The van der Waals surface area contributed by atoms with E-state index in [1.807, 2.05) is 39.0 Å². The van der Waals surface area contributed by atoms with Crippen LogP contribution in [0, 0.1) is 6.92 Å². The van der Waals surface area contributed by atoms with Gasteiger partial charge in [-0.1, -0.05) is 11.6 Å². The number of fused-ring (bicyclic) bond motifs is 1. The topological polar surface area (TPSA) is 62.7 Å². The second kappa shape index (κ2) is 6.69. The normalized spacial score (nSPS) is 11.4. The lowest BCUT2D eigenvalue weighted by Gasteiger charge is -2.05. The van der Waals surface area contributed by atoms with Gasteiger partial charge in [0, 0.05) is 40.4 Å². The number of hydrogen-bond donors (Lipinski definition) is 2. The molecule has 2 N–H and O–H groups in total. The molecule has 0 spiro atoms. The molecule has 0 unspecified atom stereocenters. The number of benzene rings is 1. The van der Waals surface area contributed by atoms with Gasteiger partial charge in [0.1, 0.15) is 0 Å². The molecule has 0 aliphatic rings. The minimum atomic E-state index is -0.0996. The monoisotopic (exact) mass is 344 g/mol. The van der Waals surface area contributed by atoms with Crippen LogP contribution in [0.15, 0.2) is 30.6 Å². The number of halogens is 1. The molecule has 0 saturated carbocycles. The van der Waals surface area contributed by atoms with E-state index in [0.29, 0.717) is 17.1 Å². The van der Waals surface area contributed by atoms with Crippen LogP contribution in [0.1, 0.15) is 41.5 Å². The Hall–Kier alpha value is -2.27. The Bertz CT molecular complexity index is 878. The summed E-state index contributed by atoms with van der Waals surface area (Å²) < 4.78 is 1.78. The highest BCUT2D eigenvalue weighted by molar-refractivity contribution is 6.31. The van der Waals surface area contributed by atoms with Gasteiger partial charge in [0.25, 0.3) is 5.91 Å². The zero-order chi connectivity index (χ0) is 17.3. The van der Waals surface area contributed by atoms with E-state index in [9.17, 15) is 4.79 Å². The maximum absolute atomic E-state index is 12.2. The Morgan fingerprint density at radius 3 is 2.92 bits per heavy atom. The Morgan fingerprint density at radius 2 is 2.21 bits per heavy atom. The first-order valence-corrected chi connectivity index (χ1v) is 8.42. The van der Waals surface area contributed by atoms with Crippen LogP contribution >= 0.6 is 11.6 Å². The fourth-order valence-corrected chi connectivity index (χ4v) is 2.99. The second-order valence-corrected chi connectivity index (χ2v) is 6.66. The third kappa shape index (κ3) is 3.31. The zero-order valence-corrected chi connectivity index (χ0v) is 14.8. The summed E-state index contributed by atoms with van der Waals surface area (Å²) in [5.74, 6) is -0.0996. The fourth-order valence-electron chi connectivity index (χ4n) is 2.82. The predicted octanol–water partition coefficient (Wildman–Crippen LogP) is 3.88. The quantitative estimate of drug-likeness (QED) is 0.737. The van der Waals surface area contributed by atoms with E-state index in [1.54, 1.807) is 17.1 Å². The van der Waals surface area contributed by atoms with Crippen LogP contribution in [0.4, 0.5) is 0 Å². The van der Waals surface area contributed by atoms with Crippen molar-refractivity contribution in [3.8, 4) is 0 Å². The molecule has 5 nitrogen and oxygen atoms in total. The number of carbonyl (C=O) groups excluding carboxylic acids is 1. The lowest BCUT2D eigenvalue weighted by Crippen LogP contribution is -2.25. The molecule has 2 heterocycles. The van der Waals surface area contributed by atoms with E-state index >= 15 is 0 Å². The highest BCUT2D eigenvalue weighted by atomic mass is 35.5. The van der Waals surface area contributed by atoms with Crippen LogP contribution in [-0.4, -0.2) is 27.2 Å². The smallest absolute Gasteiger partial charge is 0.254 e. The van der Waals surface area contributed by atoms with Gasteiger partial charge >= 0.3 is 0 Å². The van der Waals surface area contributed by atoms with Gasteiger partial charge in [-0.05, 0) is 51.0 Å². The summed E-state index contributed by atoms with van der Waals surface area (Å²) in [6, 6.07) is 6.06. The molecule has 6 heteroatoms. The molecule has 126 valence electrons. The van der Waals surface area contributed by atoms with E-state index in [4.69, 9.17) is 11.6 Å². The number of aromatic amines is 1. The molecule has 24 heavy (non-hydrogen) atoms. The van der Waals surface area contributed by atoms with Crippen LogP contribution in [0.25, 0.3) is 10.9 Å². The summed E-state index contributed by atoms with van der Waals surface area (Å²) in [5, 5.41) is 8.98. The van der Waals surface area contributed by atoms with Crippen molar-refractivity contribution in [1.29, 1.82) is 0 Å². The van der Waals surface area contributed by atoms with Crippen molar-refractivity contribution in [2.45, 2.75) is 33.2 Å². The molecular formula is C18H21ClN4O. The SMILES string of the molecule is Cc1[nH]c2ccc(Cl)cc2c1CCNC(=O)c1cnn(C(C)C)c1. The molecule has 1 amide bonds. The van der Waals surface area contributed by atoms with Gasteiger partial charge in [-0.3, -0.25) is 9.48 Å². The van der Waals surface area contributed by atoms with Gasteiger partial charge in [-0.15, -0.1) is 0 Å². The van der Waals surface area contributed by atoms with E-state index in [-0.39, 0.29) is 11.9 Å². The second-order valence-electron chi connectivity index (χ2n) is 6.23. The number of hydrogen-bond acceptors (Lipinski definition) is 2. The molecule has 1 aromatic carbocycles. The molecule has 0 saturated heterocycles. The maximum Gasteiger partial charge on any atom is 0.254 e. The molecule has 0 aliphatic carbocycles. The Balaban J connectivity index is 1.67. The molecule has 0 aliphatic heterocycles. The number of aromatic nitrogens is 3. The maximum atomic E-state index is 12.2. The van der Waals surface area contributed by atoms with Crippen molar-refractivity contribution in [2.75, 3.05) is 6.54 Å². The summed E-state index contributed by atoms with van der Waals surface area (Å²) >= 11 is 6.10. The van der Waals surface area contributed by atoms with Crippen molar-refractivity contribution >= 4 is 28.4 Å². The fraction of sp³-hybridized carbons (Fsp3) is 0.333. The standard InChI is InChI=1S/C18H21ClN4O/c1-11(2)23-10-13(9-21-23)18(24)20-7-6-15-12(3)22-17-5-4-14(19)8-16(15)17/h4-5,8-11,22H,6-7H2,1-3H3,(H,20,24). The molecule has 0 fully saturated rings. The Morgan fingerprint density at radius 1 is 1.42 bits per heavy atom. The molecule has 0 atom stereocenters. The Kier molecular flexibility index (Phi) is 4.62. The van der Waals surface area contributed by atoms with E-state index in [2.05, 4.69) is 15.4 Å². The average molecular weight is 345 g/mol. The summed E-state index contributed by atoms with van der Waals surface area (Å²) in [7, 11) is 0. The number of amides is 1.